The fourth-order valence-corrected chi connectivity index (χ4v) is 1.37. The van der Waals surface area contributed by atoms with Gasteiger partial charge < -0.3 is 5.32 Å². The third-order valence-corrected chi connectivity index (χ3v) is 1.99. The minimum atomic E-state index is -0.219. The molecule has 1 aliphatic rings. The van der Waals surface area contributed by atoms with E-state index in [4.69, 9.17) is 0 Å². The van der Waals surface area contributed by atoms with Gasteiger partial charge >= 0.3 is 0 Å². The van der Waals surface area contributed by atoms with Crippen molar-refractivity contribution in [2.45, 2.75) is 12.8 Å². The van der Waals surface area contributed by atoms with E-state index in [1.165, 1.54) is 12.1 Å². The molecule has 1 heterocycles. The van der Waals surface area contributed by atoms with Gasteiger partial charge in [-0.15, -0.1) is 0 Å². The van der Waals surface area contributed by atoms with E-state index in [9.17, 15) is 4.39 Å². The van der Waals surface area contributed by atoms with Crippen LogP contribution in [0, 0.1) is 5.82 Å². The van der Waals surface area contributed by atoms with Crippen molar-refractivity contribution in [2.75, 3.05) is 11.9 Å². The van der Waals surface area contributed by atoms with Crippen molar-refractivity contribution in [2.24, 2.45) is 4.99 Å². The second kappa shape index (κ2) is 3.56. The Balaban J connectivity index is 2.09. The van der Waals surface area contributed by atoms with Gasteiger partial charge in [-0.3, -0.25) is 4.99 Å². The van der Waals surface area contributed by atoms with Crippen molar-refractivity contribution < 1.29 is 4.39 Å². The fourth-order valence-electron chi connectivity index (χ4n) is 1.37. The molecule has 0 atom stereocenters. The molecule has 68 valence electrons. The van der Waals surface area contributed by atoms with Crippen molar-refractivity contribution in [3.63, 3.8) is 0 Å². The van der Waals surface area contributed by atoms with Gasteiger partial charge in [-0.25, -0.2) is 4.39 Å². The maximum atomic E-state index is 12.8. The molecular formula is C10H11FN2. The Bertz CT molecular complexity index is 333. The Morgan fingerprint density at radius 2 is 2.31 bits per heavy atom. The molecule has 0 amide bonds. The van der Waals surface area contributed by atoms with E-state index < -0.39 is 0 Å². The summed E-state index contributed by atoms with van der Waals surface area (Å²) in [5.41, 5.74) is 0.778. The van der Waals surface area contributed by atoms with Crippen LogP contribution in [0.5, 0.6) is 0 Å². The molecule has 2 nitrogen and oxygen atoms in total. The summed E-state index contributed by atoms with van der Waals surface area (Å²) >= 11 is 0. The lowest BCUT2D eigenvalue weighted by Crippen LogP contribution is -2.08. The van der Waals surface area contributed by atoms with Crippen molar-refractivity contribution in [3.8, 4) is 0 Å². The molecule has 1 aliphatic heterocycles. The number of nitrogens with one attached hydrogen (secondary N) is 1. The van der Waals surface area contributed by atoms with Gasteiger partial charge in [0.15, 0.2) is 0 Å². The molecule has 0 unspecified atom stereocenters. The van der Waals surface area contributed by atoms with Crippen LogP contribution >= 0.6 is 0 Å². The van der Waals surface area contributed by atoms with E-state index in [0.717, 1.165) is 30.9 Å². The molecule has 0 saturated heterocycles. The molecule has 1 aromatic carbocycles. The van der Waals surface area contributed by atoms with Crippen molar-refractivity contribution >= 4 is 11.5 Å². The second-order valence-electron chi connectivity index (χ2n) is 3.07. The number of rotatable bonds is 1. The number of aliphatic imine (C=N–C) groups is 1. The van der Waals surface area contributed by atoms with Gasteiger partial charge in [0.1, 0.15) is 11.7 Å². The van der Waals surface area contributed by atoms with Crippen LogP contribution < -0.4 is 5.32 Å². The third kappa shape index (κ3) is 2.05. The van der Waals surface area contributed by atoms with Crippen molar-refractivity contribution in [3.05, 3.63) is 30.1 Å². The highest BCUT2D eigenvalue weighted by atomic mass is 19.1. The quantitative estimate of drug-likeness (QED) is 0.701. The normalized spacial score (nSPS) is 15.6. The van der Waals surface area contributed by atoms with Crippen LogP contribution in [-0.2, 0) is 0 Å². The lowest BCUT2D eigenvalue weighted by atomic mass is 10.3. The summed E-state index contributed by atoms with van der Waals surface area (Å²) in [5, 5.41) is 3.09. The van der Waals surface area contributed by atoms with Crippen molar-refractivity contribution in [1.82, 2.24) is 0 Å². The number of hydrogen-bond donors (Lipinski definition) is 1. The predicted molar refractivity (Wildman–Crippen MR) is 51.6 cm³/mol. The van der Waals surface area contributed by atoms with Crippen LogP contribution in [0.15, 0.2) is 29.3 Å². The number of halogens is 1. The van der Waals surface area contributed by atoms with Gasteiger partial charge in [-0.1, -0.05) is 6.07 Å². The van der Waals surface area contributed by atoms with E-state index >= 15 is 0 Å². The topological polar surface area (TPSA) is 24.4 Å². The molecule has 0 aromatic heterocycles. The van der Waals surface area contributed by atoms with Gasteiger partial charge in [-0.2, -0.15) is 0 Å². The molecule has 0 spiro atoms. The lowest BCUT2D eigenvalue weighted by molar-refractivity contribution is 0.628. The van der Waals surface area contributed by atoms with Gasteiger partial charge in [-0.05, 0) is 24.6 Å². The average molecular weight is 178 g/mol. The molecule has 0 radical (unpaired) electrons. The molecule has 2 rings (SSSR count). The van der Waals surface area contributed by atoms with E-state index in [1.807, 2.05) is 6.07 Å². The SMILES string of the molecule is Fc1cccc(NC2=NCCC2)c1. The zero-order valence-corrected chi connectivity index (χ0v) is 7.26. The Morgan fingerprint density at radius 1 is 1.38 bits per heavy atom. The highest BCUT2D eigenvalue weighted by molar-refractivity contribution is 5.96. The number of nitrogens with zero attached hydrogens (tertiary/aromatic N) is 1. The van der Waals surface area contributed by atoms with E-state index in [0.29, 0.717) is 0 Å². The highest BCUT2D eigenvalue weighted by Crippen LogP contribution is 2.12. The van der Waals surface area contributed by atoms with Gasteiger partial charge in [0.2, 0.25) is 0 Å². The van der Waals surface area contributed by atoms with E-state index in [1.54, 1.807) is 6.07 Å². The molecule has 0 bridgehead atoms. The fraction of sp³-hybridized carbons (Fsp3) is 0.300. The highest BCUT2D eigenvalue weighted by Gasteiger charge is 2.05. The number of anilines is 1. The minimum Gasteiger partial charge on any atom is -0.344 e. The molecule has 1 N–H and O–H groups in total. The lowest BCUT2D eigenvalue weighted by Gasteiger charge is -2.04. The first-order chi connectivity index (χ1) is 6.34. The summed E-state index contributed by atoms with van der Waals surface area (Å²) in [6.45, 7) is 0.887. The van der Waals surface area contributed by atoms with Crippen LogP contribution in [0.4, 0.5) is 10.1 Å². The molecular weight excluding hydrogens is 167 g/mol. The summed E-state index contributed by atoms with van der Waals surface area (Å²) in [6.07, 6.45) is 2.06. The van der Waals surface area contributed by atoms with E-state index in [-0.39, 0.29) is 5.82 Å². The van der Waals surface area contributed by atoms with E-state index in [2.05, 4.69) is 10.3 Å². The van der Waals surface area contributed by atoms with Gasteiger partial charge in [0.05, 0.1) is 0 Å². The maximum Gasteiger partial charge on any atom is 0.125 e. The number of amidine groups is 1. The molecule has 3 heteroatoms. The summed E-state index contributed by atoms with van der Waals surface area (Å²) < 4.78 is 12.8. The molecule has 0 saturated carbocycles. The second-order valence-corrected chi connectivity index (χ2v) is 3.07. The molecule has 0 aliphatic carbocycles. The summed E-state index contributed by atoms with van der Waals surface area (Å²) in [5.74, 6) is 0.745. The summed E-state index contributed by atoms with van der Waals surface area (Å²) in [6, 6.07) is 6.43. The monoisotopic (exact) mass is 178 g/mol. The first-order valence-electron chi connectivity index (χ1n) is 4.40. The Hall–Kier alpha value is -1.38. The predicted octanol–water partition coefficient (Wildman–Crippen LogP) is 2.43. The average Bonchev–Trinajstić information content (AvgIpc) is 2.57. The molecule has 0 fully saturated rings. The molecule has 13 heavy (non-hydrogen) atoms. The smallest absolute Gasteiger partial charge is 0.125 e. The van der Waals surface area contributed by atoms with Gasteiger partial charge in [0, 0.05) is 18.7 Å². The number of benzene rings is 1. The van der Waals surface area contributed by atoms with Crippen LogP contribution in [-0.4, -0.2) is 12.4 Å². The standard InChI is InChI=1S/C10H11FN2/c11-8-3-1-4-9(7-8)13-10-5-2-6-12-10/h1,3-4,7H,2,5-6H2,(H,12,13). The largest absolute Gasteiger partial charge is 0.344 e. The van der Waals surface area contributed by atoms with Crippen molar-refractivity contribution in [1.29, 1.82) is 0 Å². The maximum absolute atomic E-state index is 12.8. The first-order valence-corrected chi connectivity index (χ1v) is 4.40. The molecule has 1 aromatic rings. The van der Waals surface area contributed by atoms with Crippen LogP contribution in [0.3, 0.4) is 0 Å². The number of hydrogen-bond acceptors (Lipinski definition) is 2. The Morgan fingerprint density at radius 3 is 3.00 bits per heavy atom. The van der Waals surface area contributed by atoms with Crippen LogP contribution in [0.25, 0.3) is 0 Å². The van der Waals surface area contributed by atoms with Crippen LogP contribution in [0.1, 0.15) is 12.8 Å². The van der Waals surface area contributed by atoms with Crippen LogP contribution in [0.2, 0.25) is 0 Å². The Kier molecular flexibility index (Phi) is 2.25. The zero-order chi connectivity index (χ0) is 9.10. The minimum absolute atomic E-state index is 0.219. The van der Waals surface area contributed by atoms with Gasteiger partial charge in [0.25, 0.3) is 0 Å². The summed E-state index contributed by atoms with van der Waals surface area (Å²) in [4.78, 5) is 4.24. The zero-order valence-electron chi connectivity index (χ0n) is 7.26. The third-order valence-electron chi connectivity index (χ3n) is 1.99. The Labute approximate surface area is 76.5 Å². The first kappa shape index (κ1) is 8.23. The summed E-state index contributed by atoms with van der Waals surface area (Å²) in [7, 11) is 0.